The number of rotatable bonds is 1. The molecule has 0 N–H and O–H groups in total. The molecule has 0 aliphatic carbocycles. The molecule has 27 heavy (non-hydrogen) atoms. The molecule has 0 radical (unpaired) electrons. The van der Waals surface area contributed by atoms with Crippen molar-refractivity contribution in [2.45, 2.75) is 58.9 Å². The van der Waals surface area contributed by atoms with Gasteiger partial charge in [0, 0.05) is 0 Å². The molecule has 0 heterocycles. The first-order chi connectivity index (χ1) is 11.9. The lowest BCUT2D eigenvalue weighted by Crippen LogP contribution is -2.44. The standard InChI is InChI=1S/C17H20BrF4NO4/c1-15(2,3)26-13(24)23(14(25)27-16(4,5)6)10-8-7-9(18)12(19)11(10)17(20,21)22/h7-8H,1-6H3. The van der Waals surface area contributed by atoms with Crippen LogP contribution in [0.4, 0.5) is 32.8 Å². The second kappa shape index (κ2) is 7.65. The van der Waals surface area contributed by atoms with Gasteiger partial charge in [0.05, 0.1) is 10.2 Å². The van der Waals surface area contributed by atoms with E-state index in [4.69, 9.17) is 9.47 Å². The highest BCUT2D eigenvalue weighted by Crippen LogP contribution is 2.41. The lowest BCUT2D eigenvalue weighted by atomic mass is 10.1. The fraction of sp³-hybridized carbons (Fsp3) is 0.529. The quantitative estimate of drug-likeness (QED) is 0.465. The number of imide groups is 1. The smallest absolute Gasteiger partial charge is 0.424 e. The first-order valence-corrected chi connectivity index (χ1v) is 8.54. The van der Waals surface area contributed by atoms with Crippen LogP contribution in [0.1, 0.15) is 47.1 Å². The van der Waals surface area contributed by atoms with Gasteiger partial charge >= 0.3 is 18.4 Å². The highest BCUT2D eigenvalue weighted by Gasteiger charge is 2.43. The Balaban J connectivity index is 3.64. The van der Waals surface area contributed by atoms with E-state index >= 15 is 0 Å². The number of carbonyl (C=O) groups is 2. The molecule has 1 aromatic carbocycles. The lowest BCUT2D eigenvalue weighted by molar-refractivity contribution is -0.139. The summed E-state index contributed by atoms with van der Waals surface area (Å²) in [6.45, 7) is 8.78. The number of ether oxygens (including phenoxy) is 2. The van der Waals surface area contributed by atoms with Gasteiger partial charge in [0.25, 0.3) is 0 Å². The zero-order valence-electron chi connectivity index (χ0n) is 15.6. The fourth-order valence-electron chi connectivity index (χ4n) is 1.88. The summed E-state index contributed by atoms with van der Waals surface area (Å²) in [5.41, 5.74) is -5.08. The van der Waals surface area contributed by atoms with Crippen molar-refractivity contribution >= 4 is 33.8 Å². The lowest BCUT2D eigenvalue weighted by Gasteiger charge is -2.30. The Labute approximate surface area is 162 Å². The van der Waals surface area contributed by atoms with Gasteiger partial charge in [-0.1, -0.05) is 0 Å². The van der Waals surface area contributed by atoms with Crippen molar-refractivity contribution in [1.29, 1.82) is 0 Å². The summed E-state index contributed by atoms with van der Waals surface area (Å²) in [5.74, 6) is -1.67. The monoisotopic (exact) mass is 457 g/mol. The Morgan fingerprint density at radius 2 is 1.33 bits per heavy atom. The van der Waals surface area contributed by atoms with E-state index in [2.05, 4.69) is 15.9 Å². The van der Waals surface area contributed by atoms with E-state index in [1.165, 1.54) is 41.5 Å². The molecule has 5 nitrogen and oxygen atoms in total. The van der Waals surface area contributed by atoms with Crippen LogP contribution in [-0.4, -0.2) is 23.4 Å². The molecular formula is C17H20BrF4NO4. The molecule has 2 amide bonds. The van der Waals surface area contributed by atoms with Crippen LogP contribution in [0.25, 0.3) is 0 Å². The van der Waals surface area contributed by atoms with E-state index in [9.17, 15) is 27.2 Å². The summed E-state index contributed by atoms with van der Waals surface area (Å²) in [5, 5.41) is 0. The molecule has 1 rings (SSSR count). The highest BCUT2D eigenvalue weighted by molar-refractivity contribution is 9.10. The molecule has 0 saturated heterocycles. The molecule has 0 atom stereocenters. The minimum Gasteiger partial charge on any atom is -0.443 e. The summed E-state index contributed by atoms with van der Waals surface area (Å²) < 4.78 is 64.1. The number of hydrogen-bond acceptors (Lipinski definition) is 4. The zero-order valence-corrected chi connectivity index (χ0v) is 17.2. The number of amides is 2. The van der Waals surface area contributed by atoms with E-state index in [1.807, 2.05) is 0 Å². The average Bonchev–Trinajstić information content (AvgIpc) is 2.37. The molecule has 0 spiro atoms. The normalized spacial score (nSPS) is 12.6. The Hall–Kier alpha value is -1.84. The molecule has 0 aliphatic rings. The number of benzene rings is 1. The summed E-state index contributed by atoms with van der Waals surface area (Å²) in [6, 6.07) is 1.73. The molecule has 0 saturated carbocycles. The van der Waals surface area contributed by atoms with Crippen molar-refractivity contribution < 1.29 is 36.6 Å². The van der Waals surface area contributed by atoms with Gasteiger partial charge in [-0.15, -0.1) is 0 Å². The fourth-order valence-corrected chi connectivity index (χ4v) is 2.21. The number of hydrogen-bond donors (Lipinski definition) is 0. The first-order valence-electron chi connectivity index (χ1n) is 7.75. The molecule has 1 aromatic rings. The molecule has 0 aliphatic heterocycles. The highest BCUT2D eigenvalue weighted by atomic mass is 79.9. The van der Waals surface area contributed by atoms with Gasteiger partial charge in [-0.2, -0.15) is 18.1 Å². The van der Waals surface area contributed by atoms with Crippen molar-refractivity contribution in [3.63, 3.8) is 0 Å². The van der Waals surface area contributed by atoms with Gasteiger partial charge in [0.1, 0.15) is 16.8 Å². The Kier molecular flexibility index (Phi) is 6.57. The molecule has 0 unspecified atom stereocenters. The maximum Gasteiger partial charge on any atom is 0.424 e. The summed E-state index contributed by atoms with van der Waals surface area (Å²) in [6.07, 6.45) is -8.04. The van der Waals surface area contributed by atoms with Crippen LogP contribution in [0, 0.1) is 5.82 Å². The van der Waals surface area contributed by atoms with E-state index in [-0.39, 0.29) is 4.90 Å². The third kappa shape index (κ3) is 6.37. The molecule has 0 aromatic heterocycles. The van der Waals surface area contributed by atoms with Gasteiger partial charge in [0.15, 0.2) is 5.82 Å². The van der Waals surface area contributed by atoms with Crippen LogP contribution < -0.4 is 4.90 Å². The van der Waals surface area contributed by atoms with Crippen LogP contribution in [0.3, 0.4) is 0 Å². The third-order valence-electron chi connectivity index (χ3n) is 2.75. The van der Waals surface area contributed by atoms with Gasteiger partial charge in [-0.3, -0.25) is 0 Å². The third-order valence-corrected chi connectivity index (χ3v) is 3.36. The first kappa shape index (κ1) is 23.2. The van der Waals surface area contributed by atoms with E-state index < -0.39 is 51.1 Å². The number of alkyl halides is 3. The molecule has 0 bridgehead atoms. The largest absolute Gasteiger partial charge is 0.443 e. The maximum atomic E-state index is 14.2. The second-order valence-corrected chi connectivity index (χ2v) is 8.40. The predicted molar refractivity (Wildman–Crippen MR) is 94.0 cm³/mol. The number of nitrogens with zero attached hydrogens (tertiary/aromatic N) is 1. The van der Waals surface area contributed by atoms with E-state index in [0.29, 0.717) is 0 Å². The minimum absolute atomic E-state index is 0.0366. The predicted octanol–water partition coefficient (Wildman–Crippen LogP) is 6.28. The number of halogens is 5. The topological polar surface area (TPSA) is 55.8 Å². The Bertz CT molecular complexity index is 708. The van der Waals surface area contributed by atoms with Crippen molar-refractivity contribution in [2.75, 3.05) is 4.90 Å². The molecule has 152 valence electrons. The average molecular weight is 458 g/mol. The van der Waals surface area contributed by atoms with E-state index in [0.717, 1.165) is 12.1 Å². The SMILES string of the molecule is CC(C)(C)OC(=O)N(C(=O)OC(C)(C)C)c1ccc(Br)c(F)c1C(F)(F)F. The van der Waals surface area contributed by atoms with Gasteiger partial charge in [0.2, 0.25) is 0 Å². The van der Waals surface area contributed by atoms with Crippen LogP contribution in [0.2, 0.25) is 0 Å². The second-order valence-electron chi connectivity index (χ2n) is 7.55. The van der Waals surface area contributed by atoms with E-state index in [1.54, 1.807) is 0 Å². The molecule has 10 heteroatoms. The zero-order chi connectivity index (χ0) is 21.4. The van der Waals surface area contributed by atoms with Crippen molar-refractivity contribution in [2.24, 2.45) is 0 Å². The van der Waals surface area contributed by atoms with Gasteiger partial charge < -0.3 is 9.47 Å². The summed E-state index contributed by atoms with van der Waals surface area (Å²) in [7, 11) is 0. The molecule has 0 fully saturated rings. The van der Waals surface area contributed by atoms with Gasteiger partial charge in [-0.25, -0.2) is 14.0 Å². The Morgan fingerprint density at radius 1 is 0.926 bits per heavy atom. The van der Waals surface area contributed by atoms with Crippen molar-refractivity contribution in [1.82, 2.24) is 0 Å². The van der Waals surface area contributed by atoms with Crippen LogP contribution in [-0.2, 0) is 15.7 Å². The summed E-state index contributed by atoms with van der Waals surface area (Å²) in [4.78, 5) is 25.0. The minimum atomic E-state index is -5.19. The van der Waals surface area contributed by atoms with Gasteiger partial charge in [-0.05, 0) is 69.6 Å². The Morgan fingerprint density at radius 3 is 1.67 bits per heavy atom. The van der Waals surface area contributed by atoms with Crippen LogP contribution in [0.5, 0.6) is 0 Å². The number of carbonyl (C=O) groups excluding carboxylic acids is 2. The van der Waals surface area contributed by atoms with Crippen molar-refractivity contribution in [3.8, 4) is 0 Å². The van der Waals surface area contributed by atoms with Crippen LogP contribution in [0.15, 0.2) is 16.6 Å². The summed E-state index contributed by atoms with van der Waals surface area (Å²) >= 11 is 2.67. The van der Waals surface area contributed by atoms with Crippen LogP contribution >= 0.6 is 15.9 Å². The molecular weight excluding hydrogens is 438 g/mol. The van der Waals surface area contributed by atoms with Crippen molar-refractivity contribution in [3.05, 3.63) is 28.0 Å². The maximum absolute atomic E-state index is 14.2. The number of anilines is 1.